The van der Waals surface area contributed by atoms with Gasteiger partial charge in [0.2, 0.25) is 0 Å². The Labute approximate surface area is 93.3 Å². The normalized spacial score (nSPS) is 11.0. The molecule has 0 aromatic heterocycles. The Hall–Kier alpha value is -0.860. The molecule has 0 radical (unpaired) electrons. The van der Waals surface area contributed by atoms with Crippen molar-refractivity contribution < 1.29 is 0 Å². The molecule has 0 fully saturated rings. The number of hydrogen-bond acceptors (Lipinski definition) is 2. The highest BCUT2D eigenvalue weighted by Gasteiger charge is 1.99. The minimum absolute atomic E-state index is 0.949. The van der Waals surface area contributed by atoms with Gasteiger partial charge in [-0.25, -0.2) is 0 Å². The van der Waals surface area contributed by atoms with Crippen LogP contribution in [0.15, 0.2) is 18.2 Å². The lowest BCUT2D eigenvalue weighted by molar-refractivity contribution is 0.321. The molecule has 84 valence electrons. The van der Waals surface area contributed by atoms with E-state index in [1.807, 2.05) is 7.05 Å². The number of aryl methyl sites for hydroxylation is 2. The molecule has 0 heterocycles. The molecule has 2 nitrogen and oxygen atoms in total. The second-order valence-electron chi connectivity index (χ2n) is 4.26. The molecule has 0 aliphatic rings. The van der Waals surface area contributed by atoms with Crippen LogP contribution in [0.2, 0.25) is 0 Å². The van der Waals surface area contributed by atoms with Gasteiger partial charge < -0.3 is 5.32 Å². The van der Waals surface area contributed by atoms with Crippen molar-refractivity contribution in [3.63, 3.8) is 0 Å². The van der Waals surface area contributed by atoms with Crippen molar-refractivity contribution in [1.29, 1.82) is 0 Å². The summed E-state index contributed by atoms with van der Waals surface area (Å²) in [6.45, 7) is 6.39. The van der Waals surface area contributed by atoms with Gasteiger partial charge in [0.15, 0.2) is 0 Å². The van der Waals surface area contributed by atoms with Gasteiger partial charge in [-0.2, -0.15) is 0 Å². The van der Waals surface area contributed by atoms with Crippen LogP contribution in [-0.4, -0.2) is 32.2 Å². The number of hydrogen-bond donors (Lipinski definition) is 1. The maximum Gasteiger partial charge on any atom is 0.0475 e. The number of nitrogens with one attached hydrogen (secondary N) is 1. The summed E-state index contributed by atoms with van der Waals surface area (Å²) < 4.78 is 0. The Balaban J connectivity index is 2.47. The van der Waals surface area contributed by atoms with E-state index in [1.54, 1.807) is 0 Å². The van der Waals surface area contributed by atoms with E-state index in [-0.39, 0.29) is 0 Å². The average Bonchev–Trinajstić information content (AvgIpc) is 2.20. The van der Waals surface area contributed by atoms with Gasteiger partial charge in [0.1, 0.15) is 0 Å². The van der Waals surface area contributed by atoms with E-state index >= 15 is 0 Å². The molecule has 0 unspecified atom stereocenters. The van der Waals surface area contributed by atoms with Crippen molar-refractivity contribution in [2.45, 2.75) is 20.3 Å². The minimum atomic E-state index is 0.949. The van der Waals surface area contributed by atoms with Gasteiger partial charge in [-0.1, -0.05) is 18.2 Å². The topological polar surface area (TPSA) is 15.3 Å². The molecule has 0 amide bonds. The van der Waals surface area contributed by atoms with Gasteiger partial charge >= 0.3 is 0 Å². The van der Waals surface area contributed by atoms with E-state index in [0.29, 0.717) is 0 Å². The lowest BCUT2D eigenvalue weighted by Crippen LogP contribution is -2.30. The second kappa shape index (κ2) is 5.89. The first-order valence-corrected chi connectivity index (χ1v) is 5.52. The van der Waals surface area contributed by atoms with Gasteiger partial charge in [0.05, 0.1) is 0 Å². The summed E-state index contributed by atoms with van der Waals surface area (Å²) >= 11 is 0. The zero-order valence-corrected chi connectivity index (χ0v) is 10.3. The summed E-state index contributed by atoms with van der Waals surface area (Å²) in [6.07, 6.45) is 1.12. The molecule has 0 atom stereocenters. The molecule has 1 aromatic rings. The third-order valence-corrected chi connectivity index (χ3v) is 2.78. The summed E-state index contributed by atoms with van der Waals surface area (Å²) in [7, 11) is 4.12. The molecule has 0 spiro atoms. The summed E-state index contributed by atoms with van der Waals surface area (Å²) in [4.78, 5) is 2.29. The summed E-state index contributed by atoms with van der Waals surface area (Å²) in [5.74, 6) is 0. The molecular weight excluding hydrogens is 184 g/mol. The number of benzene rings is 1. The molecule has 0 saturated heterocycles. The van der Waals surface area contributed by atoms with Crippen LogP contribution in [0, 0.1) is 13.8 Å². The number of nitrogens with zero attached hydrogens (tertiary/aromatic N) is 1. The summed E-state index contributed by atoms with van der Waals surface area (Å²) in [5, 5.41) is 3.15. The first-order valence-electron chi connectivity index (χ1n) is 5.52. The van der Waals surface area contributed by atoms with Crippen LogP contribution in [-0.2, 0) is 6.42 Å². The van der Waals surface area contributed by atoms with Crippen LogP contribution in [0.3, 0.4) is 0 Å². The molecule has 15 heavy (non-hydrogen) atoms. The monoisotopic (exact) mass is 206 g/mol. The molecular formula is C13H22N2. The van der Waals surface area contributed by atoms with Gasteiger partial charge in [-0.05, 0) is 51.1 Å². The van der Waals surface area contributed by atoms with Crippen molar-refractivity contribution in [2.75, 3.05) is 27.3 Å². The van der Waals surface area contributed by atoms with E-state index in [1.165, 1.54) is 16.7 Å². The minimum Gasteiger partial charge on any atom is -0.307 e. The quantitative estimate of drug-likeness (QED) is 0.741. The predicted octanol–water partition coefficient (Wildman–Crippen LogP) is 1.95. The molecule has 0 saturated carbocycles. The highest BCUT2D eigenvalue weighted by Crippen LogP contribution is 2.10. The fraction of sp³-hybridized carbons (Fsp3) is 0.538. The van der Waals surface area contributed by atoms with Crippen molar-refractivity contribution in [3.8, 4) is 0 Å². The standard InChI is InChI=1S/C13H22N2/c1-11-5-6-13(9-12(11)2)7-8-15(4)10-14-3/h5-6,9,14H,7-8,10H2,1-4H3. The van der Waals surface area contributed by atoms with Crippen LogP contribution in [0.4, 0.5) is 0 Å². The molecule has 0 aliphatic carbocycles. The number of rotatable bonds is 5. The first-order chi connectivity index (χ1) is 7.13. The van der Waals surface area contributed by atoms with Crippen LogP contribution in [0.1, 0.15) is 16.7 Å². The fourth-order valence-electron chi connectivity index (χ4n) is 1.63. The maximum atomic E-state index is 3.15. The zero-order chi connectivity index (χ0) is 11.3. The molecule has 1 N–H and O–H groups in total. The van der Waals surface area contributed by atoms with Gasteiger partial charge in [0.25, 0.3) is 0 Å². The smallest absolute Gasteiger partial charge is 0.0475 e. The van der Waals surface area contributed by atoms with E-state index < -0.39 is 0 Å². The Kier molecular flexibility index (Phi) is 4.79. The van der Waals surface area contributed by atoms with Gasteiger partial charge in [-0.3, -0.25) is 4.90 Å². The largest absolute Gasteiger partial charge is 0.307 e. The second-order valence-corrected chi connectivity index (χ2v) is 4.26. The Bertz CT molecular complexity index is 307. The first kappa shape index (κ1) is 12.2. The highest BCUT2D eigenvalue weighted by molar-refractivity contribution is 5.29. The average molecular weight is 206 g/mol. The van der Waals surface area contributed by atoms with Crippen LogP contribution >= 0.6 is 0 Å². The molecule has 1 rings (SSSR count). The Morgan fingerprint density at radius 2 is 1.93 bits per heavy atom. The van der Waals surface area contributed by atoms with Crippen LogP contribution < -0.4 is 5.32 Å². The van der Waals surface area contributed by atoms with Crippen molar-refractivity contribution >= 4 is 0 Å². The van der Waals surface area contributed by atoms with E-state index in [9.17, 15) is 0 Å². The van der Waals surface area contributed by atoms with Crippen LogP contribution in [0.5, 0.6) is 0 Å². The predicted molar refractivity (Wildman–Crippen MR) is 66.2 cm³/mol. The molecule has 2 heteroatoms. The molecule has 1 aromatic carbocycles. The lowest BCUT2D eigenvalue weighted by Gasteiger charge is -2.15. The van der Waals surface area contributed by atoms with Crippen LogP contribution in [0.25, 0.3) is 0 Å². The SMILES string of the molecule is CNCN(C)CCc1ccc(C)c(C)c1. The Morgan fingerprint density at radius 1 is 1.20 bits per heavy atom. The van der Waals surface area contributed by atoms with Gasteiger partial charge in [-0.15, -0.1) is 0 Å². The maximum absolute atomic E-state index is 3.15. The fourth-order valence-corrected chi connectivity index (χ4v) is 1.63. The third-order valence-electron chi connectivity index (χ3n) is 2.78. The van der Waals surface area contributed by atoms with Gasteiger partial charge in [0, 0.05) is 13.2 Å². The Morgan fingerprint density at radius 3 is 2.53 bits per heavy atom. The zero-order valence-electron chi connectivity index (χ0n) is 10.3. The van der Waals surface area contributed by atoms with E-state index in [0.717, 1.165) is 19.6 Å². The molecule has 0 bridgehead atoms. The lowest BCUT2D eigenvalue weighted by atomic mass is 10.0. The van der Waals surface area contributed by atoms with Crippen molar-refractivity contribution in [3.05, 3.63) is 34.9 Å². The van der Waals surface area contributed by atoms with Crippen molar-refractivity contribution in [2.24, 2.45) is 0 Å². The van der Waals surface area contributed by atoms with E-state index in [2.05, 4.69) is 49.3 Å². The molecule has 0 aliphatic heterocycles. The van der Waals surface area contributed by atoms with E-state index in [4.69, 9.17) is 0 Å². The summed E-state index contributed by atoms with van der Waals surface area (Å²) in [5.41, 5.74) is 4.20. The highest BCUT2D eigenvalue weighted by atomic mass is 15.2. The third kappa shape index (κ3) is 4.02. The van der Waals surface area contributed by atoms with Crippen molar-refractivity contribution in [1.82, 2.24) is 10.2 Å². The summed E-state index contributed by atoms with van der Waals surface area (Å²) in [6, 6.07) is 6.74. The number of likely N-dealkylation sites (N-methyl/N-ethyl adjacent to an activating group) is 1.